The topological polar surface area (TPSA) is 75.7 Å². The molecule has 1 saturated carbocycles. The van der Waals surface area contributed by atoms with Crippen LogP contribution >= 0.6 is 0 Å². The second-order valence-electron chi connectivity index (χ2n) is 9.12. The monoisotopic (exact) mass is 404 g/mol. The summed E-state index contributed by atoms with van der Waals surface area (Å²) in [4.78, 5) is 40.0. The number of nitrogens with one attached hydrogen (secondary N) is 1. The van der Waals surface area contributed by atoms with Crippen molar-refractivity contribution in [2.75, 3.05) is 13.2 Å². The van der Waals surface area contributed by atoms with Crippen LogP contribution in [-0.4, -0.2) is 47.9 Å². The highest BCUT2D eigenvalue weighted by molar-refractivity contribution is 6.08. The van der Waals surface area contributed by atoms with Crippen molar-refractivity contribution in [2.45, 2.75) is 83.8 Å². The minimum atomic E-state index is -0.708. The Labute approximate surface area is 174 Å². The van der Waals surface area contributed by atoms with Gasteiger partial charge in [-0.2, -0.15) is 0 Å². The van der Waals surface area contributed by atoms with Gasteiger partial charge in [0, 0.05) is 13.2 Å². The molecular weight excluding hydrogens is 368 g/mol. The van der Waals surface area contributed by atoms with Gasteiger partial charge in [0.05, 0.1) is 17.9 Å². The van der Waals surface area contributed by atoms with E-state index >= 15 is 0 Å². The molecule has 0 aromatic heterocycles. The van der Waals surface area contributed by atoms with Crippen LogP contribution in [0.25, 0.3) is 0 Å². The summed E-state index contributed by atoms with van der Waals surface area (Å²) in [6, 6.07) is -0.708. The number of amides is 3. The number of fused-ring (bicyclic) bond motifs is 1. The normalized spacial score (nSPS) is 26.1. The summed E-state index contributed by atoms with van der Waals surface area (Å²) >= 11 is 0. The van der Waals surface area contributed by atoms with Crippen molar-refractivity contribution in [3.05, 3.63) is 12.2 Å². The number of likely N-dealkylation sites (tertiary alicyclic amines) is 1. The Kier molecular flexibility index (Phi) is 7.87. The van der Waals surface area contributed by atoms with Gasteiger partial charge in [0.15, 0.2) is 0 Å². The third-order valence-electron chi connectivity index (χ3n) is 6.38. The van der Waals surface area contributed by atoms with Crippen LogP contribution < -0.4 is 5.32 Å². The second-order valence-corrected chi connectivity index (χ2v) is 9.12. The average molecular weight is 405 g/mol. The summed E-state index contributed by atoms with van der Waals surface area (Å²) in [5, 5.41) is 2.94. The minimum absolute atomic E-state index is 0.175. The summed E-state index contributed by atoms with van der Waals surface area (Å²) in [5.74, 6) is -0.944. The first kappa shape index (κ1) is 22.0. The number of carbonyl (C=O) groups excluding carboxylic acids is 3. The summed E-state index contributed by atoms with van der Waals surface area (Å²) in [6.45, 7) is 5.16. The molecule has 2 fully saturated rings. The van der Waals surface area contributed by atoms with E-state index in [1.165, 1.54) is 24.2 Å². The van der Waals surface area contributed by atoms with E-state index in [1.54, 1.807) is 0 Å². The lowest BCUT2D eigenvalue weighted by Gasteiger charge is -2.27. The lowest BCUT2D eigenvalue weighted by atomic mass is 9.85. The fourth-order valence-corrected chi connectivity index (χ4v) is 4.79. The van der Waals surface area contributed by atoms with Gasteiger partial charge in [0.25, 0.3) is 0 Å². The first-order valence-corrected chi connectivity index (χ1v) is 11.4. The van der Waals surface area contributed by atoms with Crippen molar-refractivity contribution in [1.82, 2.24) is 10.2 Å². The highest BCUT2D eigenvalue weighted by atomic mass is 16.5. The van der Waals surface area contributed by atoms with E-state index in [0.29, 0.717) is 38.5 Å². The van der Waals surface area contributed by atoms with Crippen molar-refractivity contribution in [1.29, 1.82) is 0 Å². The zero-order chi connectivity index (χ0) is 20.8. The van der Waals surface area contributed by atoms with E-state index in [2.05, 4.69) is 5.32 Å². The Hall–Kier alpha value is -1.69. The summed E-state index contributed by atoms with van der Waals surface area (Å²) in [7, 11) is 0. The number of carbonyl (C=O) groups is 3. The molecule has 1 heterocycles. The first-order valence-electron chi connectivity index (χ1n) is 11.4. The Morgan fingerprint density at radius 1 is 1.10 bits per heavy atom. The van der Waals surface area contributed by atoms with Gasteiger partial charge in [-0.1, -0.05) is 45.3 Å². The molecule has 6 nitrogen and oxygen atoms in total. The minimum Gasteiger partial charge on any atom is -0.378 e. The number of hydrogen-bond acceptors (Lipinski definition) is 4. The van der Waals surface area contributed by atoms with Crippen molar-refractivity contribution in [3.63, 3.8) is 0 Å². The number of hydrogen-bond donors (Lipinski definition) is 1. The number of imide groups is 1. The summed E-state index contributed by atoms with van der Waals surface area (Å²) < 4.78 is 5.91. The number of ether oxygens (including phenoxy) is 1. The molecule has 6 heteroatoms. The van der Waals surface area contributed by atoms with Crippen LogP contribution in [0.15, 0.2) is 12.2 Å². The molecule has 0 radical (unpaired) electrons. The van der Waals surface area contributed by atoms with Crippen LogP contribution in [0, 0.1) is 17.8 Å². The standard InChI is InChI=1S/C23H36N2O4/c1-16(2)15-20(25-22(27)18-11-6-7-12-19(18)23(25)28)21(26)24-13-8-14-29-17-9-4-3-5-10-17/h6-7,16-20H,3-5,8-15H2,1-2H3,(H,24,26). The molecule has 3 aliphatic rings. The fourth-order valence-electron chi connectivity index (χ4n) is 4.79. The lowest BCUT2D eigenvalue weighted by Crippen LogP contribution is -2.50. The van der Waals surface area contributed by atoms with Gasteiger partial charge in [-0.25, -0.2) is 0 Å². The first-order chi connectivity index (χ1) is 14.0. The van der Waals surface area contributed by atoms with Crippen molar-refractivity contribution >= 4 is 17.7 Å². The number of allylic oxidation sites excluding steroid dienone is 2. The highest BCUT2D eigenvalue weighted by Crippen LogP contribution is 2.37. The molecule has 1 saturated heterocycles. The molecule has 0 aromatic rings. The molecule has 1 N–H and O–H groups in total. The smallest absolute Gasteiger partial charge is 0.243 e. The van der Waals surface area contributed by atoms with Crippen molar-refractivity contribution in [2.24, 2.45) is 17.8 Å². The quantitative estimate of drug-likeness (QED) is 0.364. The molecule has 2 aliphatic carbocycles. The maximum Gasteiger partial charge on any atom is 0.243 e. The zero-order valence-electron chi connectivity index (χ0n) is 17.9. The van der Waals surface area contributed by atoms with Gasteiger partial charge in [-0.3, -0.25) is 19.3 Å². The number of nitrogens with zero attached hydrogens (tertiary/aromatic N) is 1. The van der Waals surface area contributed by atoms with E-state index < -0.39 is 6.04 Å². The predicted molar refractivity (Wildman–Crippen MR) is 111 cm³/mol. The van der Waals surface area contributed by atoms with Gasteiger partial charge >= 0.3 is 0 Å². The molecule has 0 aromatic carbocycles. The zero-order valence-corrected chi connectivity index (χ0v) is 17.9. The molecule has 29 heavy (non-hydrogen) atoms. The van der Waals surface area contributed by atoms with Crippen molar-refractivity contribution in [3.8, 4) is 0 Å². The van der Waals surface area contributed by atoms with Crippen LogP contribution in [0.1, 0.15) is 71.6 Å². The molecule has 1 aliphatic heterocycles. The molecule has 3 amide bonds. The van der Waals surface area contributed by atoms with E-state index in [1.807, 2.05) is 26.0 Å². The van der Waals surface area contributed by atoms with E-state index in [4.69, 9.17) is 4.74 Å². The Bertz CT molecular complexity index is 598. The maximum atomic E-state index is 12.9. The molecule has 3 rings (SSSR count). The van der Waals surface area contributed by atoms with E-state index in [0.717, 1.165) is 19.3 Å². The van der Waals surface area contributed by atoms with Crippen LogP contribution in [-0.2, 0) is 19.1 Å². The van der Waals surface area contributed by atoms with Crippen LogP contribution in [0.4, 0.5) is 0 Å². The van der Waals surface area contributed by atoms with Gasteiger partial charge in [0.2, 0.25) is 17.7 Å². The number of rotatable bonds is 9. The molecular formula is C23H36N2O4. The van der Waals surface area contributed by atoms with Gasteiger partial charge < -0.3 is 10.1 Å². The Balaban J connectivity index is 1.52. The molecule has 162 valence electrons. The Morgan fingerprint density at radius 2 is 1.72 bits per heavy atom. The van der Waals surface area contributed by atoms with Gasteiger partial charge in [0.1, 0.15) is 6.04 Å². The van der Waals surface area contributed by atoms with E-state index in [-0.39, 0.29) is 35.5 Å². The van der Waals surface area contributed by atoms with E-state index in [9.17, 15) is 14.4 Å². The molecule has 3 unspecified atom stereocenters. The third-order valence-corrected chi connectivity index (χ3v) is 6.38. The molecule has 3 atom stereocenters. The van der Waals surface area contributed by atoms with Gasteiger partial charge in [-0.15, -0.1) is 0 Å². The Morgan fingerprint density at radius 3 is 2.31 bits per heavy atom. The predicted octanol–water partition coefficient (Wildman–Crippen LogP) is 3.21. The molecule has 0 spiro atoms. The fraction of sp³-hybridized carbons (Fsp3) is 0.783. The summed E-state index contributed by atoms with van der Waals surface area (Å²) in [5.41, 5.74) is 0. The van der Waals surface area contributed by atoms with Crippen molar-refractivity contribution < 1.29 is 19.1 Å². The van der Waals surface area contributed by atoms with Crippen LogP contribution in [0.3, 0.4) is 0 Å². The second kappa shape index (κ2) is 10.4. The lowest BCUT2D eigenvalue weighted by molar-refractivity contribution is -0.148. The maximum absolute atomic E-state index is 12.9. The largest absolute Gasteiger partial charge is 0.378 e. The summed E-state index contributed by atoms with van der Waals surface area (Å²) in [6.07, 6.45) is 12.8. The average Bonchev–Trinajstić information content (AvgIpc) is 2.97. The van der Waals surface area contributed by atoms with Gasteiger partial charge in [-0.05, 0) is 44.4 Å². The SMILES string of the molecule is CC(C)CC(C(=O)NCCCOC1CCCCC1)N1C(=O)C2CC=CCC2C1=O. The highest BCUT2D eigenvalue weighted by Gasteiger charge is 2.51. The molecule has 0 bridgehead atoms. The van der Waals surface area contributed by atoms with Crippen LogP contribution in [0.2, 0.25) is 0 Å². The van der Waals surface area contributed by atoms with Crippen LogP contribution in [0.5, 0.6) is 0 Å². The third kappa shape index (κ3) is 5.47.